The number of halogens is 1. The fourth-order valence-corrected chi connectivity index (χ4v) is 2.61. The predicted octanol–water partition coefficient (Wildman–Crippen LogP) is 3.73. The van der Waals surface area contributed by atoms with Gasteiger partial charge in [0.05, 0.1) is 6.07 Å². The summed E-state index contributed by atoms with van der Waals surface area (Å²) in [6.07, 6.45) is -0.0871. The van der Waals surface area contributed by atoms with Gasteiger partial charge in [-0.25, -0.2) is 0 Å². The molecule has 0 aromatic heterocycles. The van der Waals surface area contributed by atoms with Crippen LogP contribution in [0.3, 0.4) is 0 Å². The van der Waals surface area contributed by atoms with Crippen LogP contribution in [0.1, 0.15) is 17.5 Å². The molecule has 0 N–H and O–H groups in total. The minimum Gasteiger partial charge on any atom is -0.333 e. The van der Waals surface area contributed by atoms with E-state index in [1.165, 1.54) is 0 Å². The van der Waals surface area contributed by atoms with Crippen molar-refractivity contribution in [3.8, 4) is 6.07 Å². The number of nitriles is 1. The van der Waals surface area contributed by atoms with Crippen LogP contribution in [0.5, 0.6) is 0 Å². The van der Waals surface area contributed by atoms with Crippen LogP contribution in [-0.4, -0.2) is 10.8 Å². The van der Waals surface area contributed by atoms with Gasteiger partial charge in [0, 0.05) is 16.7 Å². The zero-order chi connectivity index (χ0) is 15.1. The molecule has 0 saturated heterocycles. The highest BCUT2D eigenvalue weighted by Gasteiger charge is 2.15. The Morgan fingerprint density at radius 3 is 2.38 bits per heavy atom. The van der Waals surface area contributed by atoms with E-state index in [4.69, 9.17) is 5.26 Å². The maximum Gasteiger partial charge on any atom is 0.237 e. The topological polar surface area (TPSA) is 44.1 Å². The summed E-state index contributed by atoms with van der Waals surface area (Å²) in [5.41, 5.74) is 2.16. The van der Waals surface area contributed by atoms with Crippen molar-refractivity contribution in [2.75, 3.05) is 0 Å². The first kappa shape index (κ1) is 15.5. The smallest absolute Gasteiger partial charge is 0.237 e. The van der Waals surface area contributed by atoms with Crippen molar-refractivity contribution in [3.05, 3.63) is 69.3 Å². The first-order valence-electron chi connectivity index (χ1n) is 6.63. The van der Waals surface area contributed by atoms with Crippen molar-refractivity contribution in [2.45, 2.75) is 19.5 Å². The molecule has 2 aromatic carbocycles. The van der Waals surface area contributed by atoms with Crippen molar-refractivity contribution in [3.63, 3.8) is 0 Å². The molecular weight excluding hydrogens is 375 g/mol. The highest BCUT2D eigenvalue weighted by Crippen LogP contribution is 2.16. The molecule has 106 valence electrons. The Kier molecular flexibility index (Phi) is 5.76. The fraction of sp³-hybridized carbons (Fsp3) is 0.176. The van der Waals surface area contributed by atoms with Gasteiger partial charge < -0.3 is 4.90 Å². The van der Waals surface area contributed by atoms with Gasteiger partial charge in [-0.3, -0.25) is 4.79 Å². The van der Waals surface area contributed by atoms with Crippen molar-refractivity contribution in [2.24, 2.45) is 0 Å². The van der Waals surface area contributed by atoms with Crippen LogP contribution >= 0.6 is 22.6 Å². The van der Waals surface area contributed by atoms with E-state index in [0.717, 1.165) is 14.7 Å². The van der Waals surface area contributed by atoms with E-state index in [1.807, 2.05) is 60.7 Å². The maximum absolute atomic E-state index is 12.2. The van der Waals surface area contributed by atoms with Crippen LogP contribution < -0.4 is 0 Å². The second-order valence-electron chi connectivity index (χ2n) is 4.66. The number of benzene rings is 2. The Morgan fingerprint density at radius 2 is 1.71 bits per heavy atom. The number of carbonyl (C=O) groups excluding carboxylic acids is 1. The predicted molar refractivity (Wildman–Crippen MR) is 90.1 cm³/mol. The molecule has 0 fully saturated rings. The lowest BCUT2D eigenvalue weighted by Gasteiger charge is -2.22. The summed E-state index contributed by atoms with van der Waals surface area (Å²) in [4.78, 5) is 13.9. The molecule has 0 radical (unpaired) electrons. The highest BCUT2D eigenvalue weighted by molar-refractivity contribution is 14.1. The third-order valence-corrected chi connectivity index (χ3v) is 4.17. The molecule has 2 rings (SSSR count). The minimum absolute atomic E-state index is 0.0871. The summed E-state index contributed by atoms with van der Waals surface area (Å²) in [6, 6.07) is 19.7. The number of hydrogen-bond donors (Lipinski definition) is 0. The molecule has 1 amide bonds. The number of nitrogens with zero attached hydrogens (tertiary/aromatic N) is 2. The Labute approximate surface area is 138 Å². The van der Waals surface area contributed by atoms with Crippen LogP contribution in [0, 0.1) is 14.9 Å². The van der Waals surface area contributed by atoms with Gasteiger partial charge in [-0.15, -0.1) is 0 Å². The van der Waals surface area contributed by atoms with E-state index < -0.39 is 0 Å². The third-order valence-electron chi connectivity index (χ3n) is 3.12. The maximum atomic E-state index is 12.2. The molecule has 3 nitrogen and oxygen atoms in total. The first-order chi connectivity index (χ1) is 10.2. The molecule has 0 saturated carbocycles. The van der Waals surface area contributed by atoms with Crippen LogP contribution in [0.4, 0.5) is 0 Å². The second kappa shape index (κ2) is 7.79. The third kappa shape index (κ3) is 4.57. The summed E-state index contributed by atoms with van der Waals surface area (Å²) >= 11 is 2.27. The van der Waals surface area contributed by atoms with Crippen molar-refractivity contribution < 1.29 is 4.79 Å². The van der Waals surface area contributed by atoms with E-state index in [1.54, 1.807) is 4.90 Å². The standard InChI is InChI=1S/C17H15IN2O/c18-16-9-5-4-8-15(16)13-20(17(21)10-11-19)12-14-6-2-1-3-7-14/h1-9H,10,12-13H2. The lowest BCUT2D eigenvalue weighted by Crippen LogP contribution is -2.29. The van der Waals surface area contributed by atoms with Gasteiger partial charge in [0.15, 0.2) is 0 Å². The Morgan fingerprint density at radius 1 is 1.05 bits per heavy atom. The molecule has 0 spiro atoms. The molecule has 0 heterocycles. The number of carbonyl (C=O) groups is 1. The van der Waals surface area contributed by atoms with E-state index in [0.29, 0.717) is 13.1 Å². The molecule has 2 aromatic rings. The minimum atomic E-state index is -0.138. The summed E-state index contributed by atoms with van der Waals surface area (Å²) in [5, 5.41) is 8.77. The zero-order valence-electron chi connectivity index (χ0n) is 11.5. The Hall–Kier alpha value is -1.87. The summed E-state index contributed by atoms with van der Waals surface area (Å²) in [7, 11) is 0. The first-order valence-corrected chi connectivity index (χ1v) is 7.70. The SMILES string of the molecule is N#CCC(=O)N(Cc1ccccc1)Cc1ccccc1I. The molecule has 0 bridgehead atoms. The van der Waals surface area contributed by atoms with Crippen molar-refractivity contribution in [1.82, 2.24) is 4.90 Å². The number of amides is 1. The van der Waals surface area contributed by atoms with E-state index in [-0.39, 0.29) is 12.3 Å². The Bertz CT molecular complexity index is 649. The molecule has 0 aliphatic carbocycles. The molecule has 0 aliphatic heterocycles. The Balaban J connectivity index is 2.18. The number of hydrogen-bond acceptors (Lipinski definition) is 2. The molecule has 21 heavy (non-hydrogen) atoms. The van der Waals surface area contributed by atoms with Crippen LogP contribution in [0.2, 0.25) is 0 Å². The lowest BCUT2D eigenvalue weighted by atomic mass is 10.1. The average molecular weight is 390 g/mol. The summed E-state index contributed by atoms with van der Waals surface area (Å²) in [6.45, 7) is 1.04. The quantitative estimate of drug-likeness (QED) is 0.731. The molecule has 0 aliphatic rings. The average Bonchev–Trinajstić information content (AvgIpc) is 2.50. The van der Waals surface area contributed by atoms with Gasteiger partial charge in [0.25, 0.3) is 0 Å². The monoisotopic (exact) mass is 390 g/mol. The van der Waals surface area contributed by atoms with Crippen LogP contribution in [0.25, 0.3) is 0 Å². The molecular formula is C17H15IN2O. The molecule has 0 atom stereocenters. The van der Waals surface area contributed by atoms with Gasteiger partial charge in [-0.05, 0) is 39.8 Å². The lowest BCUT2D eigenvalue weighted by molar-refractivity contribution is -0.131. The zero-order valence-corrected chi connectivity index (χ0v) is 13.7. The molecule has 4 heteroatoms. The van der Waals surface area contributed by atoms with Gasteiger partial charge >= 0.3 is 0 Å². The normalized spacial score (nSPS) is 9.90. The largest absolute Gasteiger partial charge is 0.333 e. The molecule has 0 unspecified atom stereocenters. The van der Waals surface area contributed by atoms with Crippen molar-refractivity contribution >= 4 is 28.5 Å². The summed E-state index contributed by atoms with van der Waals surface area (Å²) < 4.78 is 1.12. The van der Waals surface area contributed by atoms with Gasteiger partial charge in [-0.2, -0.15) is 5.26 Å². The van der Waals surface area contributed by atoms with E-state index >= 15 is 0 Å². The van der Waals surface area contributed by atoms with Gasteiger partial charge in [-0.1, -0.05) is 48.5 Å². The van der Waals surface area contributed by atoms with Crippen LogP contribution in [0.15, 0.2) is 54.6 Å². The van der Waals surface area contributed by atoms with E-state index in [9.17, 15) is 4.79 Å². The second-order valence-corrected chi connectivity index (χ2v) is 5.82. The number of rotatable bonds is 5. The van der Waals surface area contributed by atoms with Gasteiger partial charge in [0.1, 0.15) is 6.42 Å². The van der Waals surface area contributed by atoms with E-state index in [2.05, 4.69) is 22.6 Å². The summed E-state index contributed by atoms with van der Waals surface area (Å²) in [5.74, 6) is -0.138. The highest BCUT2D eigenvalue weighted by atomic mass is 127. The van der Waals surface area contributed by atoms with Gasteiger partial charge in [0.2, 0.25) is 5.91 Å². The van der Waals surface area contributed by atoms with Crippen molar-refractivity contribution in [1.29, 1.82) is 5.26 Å². The fourth-order valence-electron chi connectivity index (χ4n) is 2.05. The van der Waals surface area contributed by atoms with Crippen LogP contribution in [-0.2, 0) is 17.9 Å².